The molecule has 0 aliphatic heterocycles. The number of nitrogens with zero attached hydrogens (tertiary/aromatic N) is 2. The van der Waals surface area contributed by atoms with Crippen molar-refractivity contribution in [3.63, 3.8) is 0 Å². The normalized spacial score (nSPS) is 12.3. The number of hydrogen-bond donors (Lipinski definition) is 2. The van der Waals surface area contributed by atoms with Crippen molar-refractivity contribution < 1.29 is 22.4 Å². The van der Waals surface area contributed by atoms with Crippen molar-refractivity contribution in [1.82, 2.24) is 15.8 Å². The highest BCUT2D eigenvalue weighted by molar-refractivity contribution is 5.79. The molecule has 0 atom stereocenters. The van der Waals surface area contributed by atoms with E-state index in [0.717, 1.165) is 35.4 Å². The summed E-state index contributed by atoms with van der Waals surface area (Å²) in [6, 6.07) is 7.19. The maximum Gasteiger partial charge on any atom is 0.411 e. The van der Waals surface area contributed by atoms with Crippen LogP contribution in [0.1, 0.15) is 42.0 Å². The molecule has 0 bridgehead atoms. The van der Waals surface area contributed by atoms with E-state index in [0.29, 0.717) is 24.6 Å². The summed E-state index contributed by atoms with van der Waals surface area (Å²) in [6.45, 7) is 3.82. The van der Waals surface area contributed by atoms with Gasteiger partial charge in [0.2, 0.25) is 0 Å². The Morgan fingerprint density at radius 2 is 1.72 bits per heavy atom. The second-order valence-electron chi connectivity index (χ2n) is 6.44. The number of halogens is 3. The Kier molecular flexibility index (Phi) is 8.50. The van der Waals surface area contributed by atoms with E-state index in [1.807, 2.05) is 26.0 Å². The van der Waals surface area contributed by atoms with Crippen molar-refractivity contribution in [1.29, 1.82) is 0 Å². The monoisotopic (exact) mass is 412 g/mol. The molecule has 2 N–H and O–H groups in total. The highest BCUT2D eigenvalue weighted by Crippen LogP contribution is 2.16. The van der Waals surface area contributed by atoms with Crippen molar-refractivity contribution in [3.8, 4) is 0 Å². The van der Waals surface area contributed by atoms with Gasteiger partial charge in [-0.2, -0.15) is 13.2 Å². The average molecular weight is 412 g/mol. The standard InChI is InChI=1S/C20H27F3N4O2/c1-4-17-16(18(5-2)29-27-17)11-26-19(24-3)25-10-14-6-8-15(9-7-14)12-28-13-20(21,22)23/h6-9H,4-5,10-13H2,1-3H3,(H2,24,25,26). The number of aliphatic imine (C=N–C) groups is 1. The van der Waals surface area contributed by atoms with Crippen molar-refractivity contribution in [2.75, 3.05) is 13.7 Å². The number of alkyl halides is 3. The Labute approximate surface area is 168 Å². The van der Waals surface area contributed by atoms with E-state index in [-0.39, 0.29) is 6.61 Å². The lowest BCUT2D eigenvalue weighted by Crippen LogP contribution is -2.36. The zero-order chi connectivity index (χ0) is 21.3. The molecule has 160 valence electrons. The van der Waals surface area contributed by atoms with Gasteiger partial charge in [-0.05, 0) is 17.5 Å². The molecule has 2 rings (SSSR count). The van der Waals surface area contributed by atoms with Crippen LogP contribution in [0, 0.1) is 0 Å². The predicted molar refractivity (Wildman–Crippen MR) is 104 cm³/mol. The molecule has 1 aromatic heterocycles. The molecule has 0 amide bonds. The number of aromatic nitrogens is 1. The molecule has 0 radical (unpaired) electrons. The number of rotatable bonds is 9. The Morgan fingerprint density at radius 1 is 1.07 bits per heavy atom. The summed E-state index contributed by atoms with van der Waals surface area (Å²) in [5.41, 5.74) is 3.66. The maximum atomic E-state index is 12.1. The van der Waals surface area contributed by atoms with Crippen LogP contribution in [-0.2, 0) is 37.3 Å². The molecule has 0 saturated carbocycles. The molecule has 9 heteroatoms. The molecule has 0 fully saturated rings. The quantitative estimate of drug-likeness (QED) is 0.485. The lowest BCUT2D eigenvalue weighted by Gasteiger charge is -2.13. The van der Waals surface area contributed by atoms with Crippen LogP contribution >= 0.6 is 0 Å². The van der Waals surface area contributed by atoms with Gasteiger partial charge >= 0.3 is 6.18 Å². The van der Waals surface area contributed by atoms with Crippen LogP contribution in [0.25, 0.3) is 0 Å². The van der Waals surface area contributed by atoms with E-state index in [2.05, 4.69) is 25.5 Å². The van der Waals surface area contributed by atoms with Gasteiger partial charge in [0, 0.05) is 32.1 Å². The molecule has 0 aliphatic carbocycles. The Bertz CT molecular complexity index is 765. The first-order valence-electron chi connectivity index (χ1n) is 9.49. The van der Waals surface area contributed by atoms with Gasteiger partial charge in [-0.1, -0.05) is 43.3 Å². The Morgan fingerprint density at radius 3 is 2.31 bits per heavy atom. The Hall–Kier alpha value is -2.55. The minimum absolute atomic E-state index is 0.0747. The van der Waals surface area contributed by atoms with Crippen molar-refractivity contribution in [3.05, 3.63) is 52.4 Å². The average Bonchev–Trinajstić information content (AvgIpc) is 3.10. The fourth-order valence-electron chi connectivity index (χ4n) is 2.75. The zero-order valence-corrected chi connectivity index (χ0v) is 16.9. The highest BCUT2D eigenvalue weighted by atomic mass is 19.4. The summed E-state index contributed by atoms with van der Waals surface area (Å²) < 4.78 is 46.4. The first kappa shape index (κ1) is 22.7. The van der Waals surface area contributed by atoms with Crippen LogP contribution in [0.3, 0.4) is 0 Å². The van der Waals surface area contributed by atoms with Gasteiger partial charge < -0.3 is 19.9 Å². The first-order chi connectivity index (χ1) is 13.9. The zero-order valence-electron chi connectivity index (χ0n) is 16.9. The van der Waals surface area contributed by atoms with Crippen LogP contribution in [0.5, 0.6) is 0 Å². The van der Waals surface area contributed by atoms with Gasteiger partial charge in [0.25, 0.3) is 0 Å². The molecular formula is C20H27F3N4O2. The third-order valence-corrected chi connectivity index (χ3v) is 4.28. The summed E-state index contributed by atoms with van der Waals surface area (Å²) in [4.78, 5) is 4.21. The molecule has 1 aromatic carbocycles. The smallest absolute Gasteiger partial charge is 0.367 e. The van der Waals surface area contributed by atoms with Crippen molar-refractivity contribution >= 4 is 5.96 Å². The van der Waals surface area contributed by atoms with Gasteiger partial charge in [0.05, 0.1) is 12.3 Å². The largest absolute Gasteiger partial charge is 0.411 e. The molecule has 29 heavy (non-hydrogen) atoms. The van der Waals surface area contributed by atoms with Crippen LogP contribution in [-0.4, -0.2) is 30.9 Å². The fourth-order valence-corrected chi connectivity index (χ4v) is 2.75. The number of nitrogens with one attached hydrogen (secondary N) is 2. The topological polar surface area (TPSA) is 71.7 Å². The molecular weight excluding hydrogens is 385 g/mol. The molecule has 2 aromatic rings. The van der Waals surface area contributed by atoms with E-state index < -0.39 is 12.8 Å². The molecule has 0 spiro atoms. The molecule has 0 unspecified atom stereocenters. The Balaban J connectivity index is 1.83. The van der Waals surface area contributed by atoms with Gasteiger partial charge in [-0.25, -0.2) is 0 Å². The predicted octanol–water partition coefficient (Wildman–Crippen LogP) is 3.74. The first-order valence-corrected chi connectivity index (χ1v) is 9.49. The second kappa shape index (κ2) is 10.8. The summed E-state index contributed by atoms with van der Waals surface area (Å²) in [5, 5.41) is 10.6. The molecule has 0 saturated heterocycles. The van der Waals surface area contributed by atoms with Crippen LogP contribution in [0.4, 0.5) is 13.2 Å². The van der Waals surface area contributed by atoms with E-state index in [1.54, 1.807) is 19.2 Å². The number of aryl methyl sites for hydroxylation is 2. The second-order valence-corrected chi connectivity index (χ2v) is 6.44. The van der Waals surface area contributed by atoms with Gasteiger partial charge in [-0.15, -0.1) is 0 Å². The van der Waals surface area contributed by atoms with E-state index in [9.17, 15) is 13.2 Å². The minimum Gasteiger partial charge on any atom is -0.367 e. The summed E-state index contributed by atoms with van der Waals surface area (Å²) in [5.74, 6) is 1.50. The third kappa shape index (κ3) is 7.41. The fraction of sp³-hybridized carbons (Fsp3) is 0.500. The summed E-state index contributed by atoms with van der Waals surface area (Å²) in [7, 11) is 1.69. The van der Waals surface area contributed by atoms with Gasteiger partial charge in [0.15, 0.2) is 5.96 Å². The number of hydrogen-bond acceptors (Lipinski definition) is 4. The lowest BCUT2D eigenvalue weighted by atomic mass is 10.1. The number of ether oxygens (including phenoxy) is 1. The molecule has 6 nitrogen and oxygen atoms in total. The van der Waals surface area contributed by atoms with E-state index >= 15 is 0 Å². The van der Waals surface area contributed by atoms with Crippen LogP contribution < -0.4 is 10.6 Å². The summed E-state index contributed by atoms with van der Waals surface area (Å²) in [6.07, 6.45) is -2.74. The van der Waals surface area contributed by atoms with Crippen LogP contribution in [0.2, 0.25) is 0 Å². The minimum atomic E-state index is -4.31. The molecule has 0 aliphatic rings. The van der Waals surface area contributed by atoms with Gasteiger partial charge in [-0.3, -0.25) is 4.99 Å². The third-order valence-electron chi connectivity index (χ3n) is 4.28. The number of benzene rings is 1. The van der Waals surface area contributed by atoms with Crippen LogP contribution in [0.15, 0.2) is 33.8 Å². The van der Waals surface area contributed by atoms with Crippen molar-refractivity contribution in [2.24, 2.45) is 4.99 Å². The van der Waals surface area contributed by atoms with Crippen molar-refractivity contribution in [2.45, 2.75) is 52.6 Å². The van der Waals surface area contributed by atoms with E-state index in [1.165, 1.54) is 0 Å². The number of guanidine groups is 1. The lowest BCUT2D eigenvalue weighted by molar-refractivity contribution is -0.176. The maximum absolute atomic E-state index is 12.1. The molecule has 1 heterocycles. The SMILES string of the molecule is CCc1noc(CC)c1CNC(=NC)NCc1ccc(COCC(F)(F)F)cc1. The van der Waals surface area contributed by atoms with Gasteiger partial charge in [0.1, 0.15) is 12.4 Å². The van der Waals surface area contributed by atoms with E-state index in [4.69, 9.17) is 4.52 Å². The highest BCUT2D eigenvalue weighted by Gasteiger charge is 2.27. The summed E-state index contributed by atoms with van der Waals surface area (Å²) >= 11 is 0.